The minimum absolute atomic E-state index is 0.350. The SMILES string of the molecule is CCOC(=O)c1cc(Cl)c(CBr)cc1Br. The summed E-state index contributed by atoms with van der Waals surface area (Å²) in [6, 6.07) is 3.42. The van der Waals surface area contributed by atoms with Crippen LogP contribution in [0.5, 0.6) is 0 Å². The molecule has 5 heteroatoms. The maximum atomic E-state index is 11.5. The van der Waals surface area contributed by atoms with Crippen LogP contribution in [0.25, 0.3) is 0 Å². The zero-order valence-corrected chi connectivity index (χ0v) is 11.9. The number of carbonyl (C=O) groups excluding carboxylic acids is 1. The quantitative estimate of drug-likeness (QED) is 0.600. The van der Waals surface area contributed by atoms with Gasteiger partial charge in [0.25, 0.3) is 0 Å². The highest BCUT2D eigenvalue weighted by Crippen LogP contribution is 2.27. The lowest BCUT2D eigenvalue weighted by Crippen LogP contribution is -2.06. The van der Waals surface area contributed by atoms with Gasteiger partial charge in [-0.25, -0.2) is 4.79 Å². The Labute approximate surface area is 110 Å². The van der Waals surface area contributed by atoms with Crippen molar-refractivity contribution in [3.05, 3.63) is 32.8 Å². The monoisotopic (exact) mass is 354 g/mol. The van der Waals surface area contributed by atoms with Gasteiger partial charge in [-0.2, -0.15) is 0 Å². The van der Waals surface area contributed by atoms with Gasteiger partial charge in [-0.3, -0.25) is 0 Å². The molecule has 0 atom stereocenters. The van der Waals surface area contributed by atoms with E-state index in [4.69, 9.17) is 16.3 Å². The first-order valence-corrected chi connectivity index (χ1v) is 6.60. The van der Waals surface area contributed by atoms with Crippen LogP contribution in [0.3, 0.4) is 0 Å². The molecule has 0 aromatic heterocycles. The summed E-state index contributed by atoms with van der Waals surface area (Å²) < 4.78 is 5.59. The Morgan fingerprint density at radius 3 is 2.73 bits per heavy atom. The van der Waals surface area contributed by atoms with Crippen molar-refractivity contribution in [1.82, 2.24) is 0 Å². The van der Waals surface area contributed by atoms with Gasteiger partial charge in [0.05, 0.1) is 12.2 Å². The van der Waals surface area contributed by atoms with Crippen molar-refractivity contribution in [2.75, 3.05) is 6.61 Å². The fourth-order valence-corrected chi connectivity index (χ4v) is 2.46. The van der Waals surface area contributed by atoms with Crippen LogP contribution in [0, 0.1) is 0 Å². The molecule has 1 rings (SSSR count). The highest BCUT2D eigenvalue weighted by Gasteiger charge is 2.13. The Morgan fingerprint density at radius 1 is 1.53 bits per heavy atom. The number of hydrogen-bond acceptors (Lipinski definition) is 2. The van der Waals surface area contributed by atoms with Gasteiger partial charge in [0.1, 0.15) is 0 Å². The van der Waals surface area contributed by atoms with Crippen molar-refractivity contribution in [1.29, 1.82) is 0 Å². The molecule has 82 valence electrons. The first kappa shape index (κ1) is 13.0. The molecular formula is C10H9Br2ClO2. The van der Waals surface area contributed by atoms with Gasteiger partial charge in [-0.1, -0.05) is 27.5 Å². The molecular weight excluding hydrogens is 347 g/mol. The van der Waals surface area contributed by atoms with Crippen LogP contribution in [0.1, 0.15) is 22.8 Å². The van der Waals surface area contributed by atoms with Gasteiger partial charge < -0.3 is 4.74 Å². The van der Waals surface area contributed by atoms with Crippen LogP contribution in [0.2, 0.25) is 5.02 Å². The molecule has 0 saturated heterocycles. The molecule has 0 saturated carbocycles. The number of esters is 1. The number of halogens is 3. The van der Waals surface area contributed by atoms with Crippen LogP contribution in [0.4, 0.5) is 0 Å². The molecule has 0 aliphatic rings. The highest BCUT2D eigenvalue weighted by atomic mass is 79.9. The van der Waals surface area contributed by atoms with E-state index in [1.807, 2.05) is 6.07 Å². The third-order valence-corrected chi connectivity index (χ3v) is 3.39. The molecule has 0 heterocycles. The summed E-state index contributed by atoms with van der Waals surface area (Å²) in [7, 11) is 0. The van der Waals surface area contributed by atoms with Crippen molar-refractivity contribution < 1.29 is 9.53 Å². The summed E-state index contributed by atoms with van der Waals surface area (Å²) in [6.45, 7) is 2.11. The number of hydrogen-bond donors (Lipinski definition) is 0. The average Bonchev–Trinajstić information content (AvgIpc) is 2.21. The fourth-order valence-electron chi connectivity index (χ4n) is 1.06. The van der Waals surface area contributed by atoms with E-state index in [0.29, 0.717) is 27.0 Å². The van der Waals surface area contributed by atoms with Crippen molar-refractivity contribution in [2.45, 2.75) is 12.3 Å². The van der Waals surface area contributed by atoms with Crippen LogP contribution < -0.4 is 0 Å². The van der Waals surface area contributed by atoms with E-state index in [0.717, 1.165) is 5.56 Å². The first-order chi connectivity index (χ1) is 7.10. The molecule has 0 amide bonds. The summed E-state index contributed by atoms with van der Waals surface area (Å²) in [5, 5.41) is 1.20. The van der Waals surface area contributed by atoms with Crippen LogP contribution in [0.15, 0.2) is 16.6 Å². The normalized spacial score (nSPS) is 10.1. The van der Waals surface area contributed by atoms with Crippen molar-refractivity contribution in [3.8, 4) is 0 Å². The fraction of sp³-hybridized carbons (Fsp3) is 0.300. The standard InChI is InChI=1S/C10H9Br2ClO2/c1-2-15-10(14)7-4-9(13)6(5-11)3-8(7)12/h3-4H,2,5H2,1H3. The minimum atomic E-state index is -0.368. The van der Waals surface area contributed by atoms with Gasteiger partial charge in [0.15, 0.2) is 0 Å². The van der Waals surface area contributed by atoms with Gasteiger partial charge in [0.2, 0.25) is 0 Å². The lowest BCUT2D eigenvalue weighted by molar-refractivity contribution is 0.0525. The van der Waals surface area contributed by atoms with E-state index >= 15 is 0 Å². The minimum Gasteiger partial charge on any atom is -0.462 e. The van der Waals surface area contributed by atoms with E-state index in [2.05, 4.69) is 31.9 Å². The van der Waals surface area contributed by atoms with Crippen LogP contribution in [-0.4, -0.2) is 12.6 Å². The largest absolute Gasteiger partial charge is 0.462 e. The summed E-state index contributed by atoms with van der Waals surface area (Å²) in [4.78, 5) is 11.5. The highest BCUT2D eigenvalue weighted by molar-refractivity contribution is 9.10. The summed E-state index contributed by atoms with van der Waals surface area (Å²) in [5.41, 5.74) is 1.38. The van der Waals surface area contributed by atoms with Gasteiger partial charge >= 0.3 is 5.97 Å². The van der Waals surface area contributed by atoms with E-state index in [1.54, 1.807) is 13.0 Å². The maximum Gasteiger partial charge on any atom is 0.339 e. The molecule has 0 radical (unpaired) electrons. The second-order valence-corrected chi connectivity index (χ2v) is 4.60. The van der Waals surface area contributed by atoms with Crippen molar-refractivity contribution in [2.24, 2.45) is 0 Å². The molecule has 0 unspecified atom stereocenters. The number of benzene rings is 1. The molecule has 0 aliphatic heterocycles. The van der Waals surface area contributed by atoms with Gasteiger partial charge in [0, 0.05) is 14.8 Å². The summed E-state index contributed by atoms with van der Waals surface area (Å²) in [5.74, 6) is -0.368. The van der Waals surface area contributed by atoms with E-state index in [1.165, 1.54) is 0 Å². The molecule has 15 heavy (non-hydrogen) atoms. The van der Waals surface area contributed by atoms with Crippen molar-refractivity contribution >= 4 is 49.4 Å². The number of alkyl halides is 1. The van der Waals surface area contributed by atoms with E-state index in [-0.39, 0.29) is 5.97 Å². The summed E-state index contributed by atoms with van der Waals surface area (Å²) >= 11 is 12.6. The zero-order valence-electron chi connectivity index (χ0n) is 8.02. The lowest BCUT2D eigenvalue weighted by Gasteiger charge is -2.07. The second kappa shape index (κ2) is 5.87. The third kappa shape index (κ3) is 3.20. The van der Waals surface area contributed by atoms with Crippen LogP contribution >= 0.6 is 43.5 Å². The molecule has 2 nitrogen and oxygen atoms in total. The Morgan fingerprint density at radius 2 is 2.20 bits per heavy atom. The van der Waals surface area contributed by atoms with Crippen molar-refractivity contribution in [3.63, 3.8) is 0 Å². The second-order valence-electron chi connectivity index (χ2n) is 2.78. The zero-order chi connectivity index (χ0) is 11.4. The van der Waals surface area contributed by atoms with Crippen LogP contribution in [-0.2, 0) is 10.1 Å². The number of carbonyl (C=O) groups is 1. The third-order valence-electron chi connectivity index (χ3n) is 1.78. The Bertz CT molecular complexity index is 380. The number of ether oxygens (including phenoxy) is 1. The van der Waals surface area contributed by atoms with Gasteiger partial charge in [-0.15, -0.1) is 0 Å². The summed E-state index contributed by atoms with van der Waals surface area (Å²) in [6.07, 6.45) is 0. The predicted octanol–water partition coefficient (Wildman–Crippen LogP) is 4.17. The first-order valence-electron chi connectivity index (χ1n) is 4.31. The van der Waals surface area contributed by atoms with E-state index in [9.17, 15) is 4.79 Å². The molecule has 0 bridgehead atoms. The topological polar surface area (TPSA) is 26.3 Å². The van der Waals surface area contributed by atoms with E-state index < -0.39 is 0 Å². The Balaban J connectivity index is 3.10. The Kier molecular flexibility index (Phi) is 5.09. The molecule has 0 fully saturated rings. The molecule has 0 N–H and O–H groups in total. The maximum absolute atomic E-state index is 11.5. The molecule has 1 aromatic carbocycles. The average molecular weight is 356 g/mol. The predicted molar refractivity (Wildman–Crippen MR) is 67.7 cm³/mol. The smallest absolute Gasteiger partial charge is 0.339 e. The van der Waals surface area contributed by atoms with Gasteiger partial charge in [-0.05, 0) is 40.5 Å². The molecule has 1 aromatic rings. The molecule has 0 aliphatic carbocycles. The number of rotatable bonds is 3. The Hall–Kier alpha value is -0.0600. The lowest BCUT2D eigenvalue weighted by atomic mass is 10.1. The molecule has 0 spiro atoms.